The van der Waals surface area contributed by atoms with Gasteiger partial charge in [-0.15, -0.1) is 0 Å². The zero-order chi connectivity index (χ0) is 12.3. The largest absolute Gasteiger partial charge is 0.348 e. The van der Waals surface area contributed by atoms with E-state index in [-0.39, 0.29) is 6.10 Å². The van der Waals surface area contributed by atoms with Gasteiger partial charge in [0.05, 0.1) is 12.7 Å². The van der Waals surface area contributed by atoms with Gasteiger partial charge >= 0.3 is 0 Å². The Hall–Kier alpha value is -1.12. The van der Waals surface area contributed by atoms with Crippen LogP contribution in [0.3, 0.4) is 0 Å². The Kier molecular flexibility index (Phi) is 3.65. The molecule has 0 saturated carbocycles. The van der Waals surface area contributed by atoms with Crippen LogP contribution in [0.5, 0.6) is 0 Å². The van der Waals surface area contributed by atoms with Gasteiger partial charge in [0.2, 0.25) is 0 Å². The van der Waals surface area contributed by atoms with Crippen LogP contribution in [0.1, 0.15) is 26.3 Å². The molecule has 1 aliphatic heterocycles. The van der Waals surface area contributed by atoms with Gasteiger partial charge in [-0.05, 0) is 19.4 Å². The highest BCUT2D eigenvalue weighted by atomic mass is 16.7. The molecule has 0 aromatic heterocycles. The molecule has 0 unspecified atom stereocenters. The van der Waals surface area contributed by atoms with Crippen molar-refractivity contribution < 1.29 is 9.47 Å². The minimum Gasteiger partial charge on any atom is -0.348 e. The maximum absolute atomic E-state index is 5.83. The fraction of sp³-hybridized carbons (Fsp3) is 0.467. The van der Waals surface area contributed by atoms with Crippen LogP contribution in [0.2, 0.25) is 0 Å². The predicted molar refractivity (Wildman–Crippen MR) is 69.5 cm³/mol. The quantitative estimate of drug-likeness (QED) is 0.794. The van der Waals surface area contributed by atoms with E-state index in [0.29, 0.717) is 12.5 Å². The summed E-state index contributed by atoms with van der Waals surface area (Å²) in [5.74, 6) is -0.0727. The van der Waals surface area contributed by atoms with Crippen LogP contribution < -0.4 is 0 Å². The van der Waals surface area contributed by atoms with E-state index in [4.69, 9.17) is 9.47 Å². The highest BCUT2D eigenvalue weighted by molar-refractivity contribution is 5.49. The third kappa shape index (κ3) is 3.42. The maximum atomic E-state index is 5.83. The SMILES string of the molecule is C[C@H](/C=C/c1ccccc1)[C@@H]1COC(C)(C)O1. The Morgan fingerprint density at radius 3 is 2.59 bits per heavy atom. The fourth-order valence-corrected chi connectivity index (χ4v) is 1.93. The van der Waals surface area contributed by atoms with Crippen molar-refractivity contribution in [1.82, 2.24) is 0 Å². The van der Waals surface area contributed by atoms with Gasteiger partial charge in [0.25, 0.3) is 0 Å². The molecule has 1 aliphatic rings. The third-order valence-corrected chi connectivity index (χ3v) is 3.01. The predicted octanol–water partition coefficient (Wildman–Crippen LogP) is 3.49. The van der Waals surface area contributed by atoms with Gasteiger partial charge in [-0.3, -0.25) is 0 Å². The molecule has 2 atom stereocenters. The Bertz CT molecular complexity index is 381. The molecule has 2 rings (SSSR count). The van der Waals surface area contributed by atoms with Gasteiger partial charge in [0, 0.05) is 5.92 Å². The summed E-state index contributed by atoms with van der Waals surface area (Å²) in [6.07, 6.45) is 4.48. The third-order valence-electron chi connectivity index (χ3n) is 3.01. The highest BCUT2D eigenvalue weighted by Gasteiger charge is 2.34. The zero-order valence-electron chi connectivity index (χ0n) is 10.7. The van der Waals surface area contributed by atoms with Crippen molar-refractivity contribution in [1.29, 1.82) is 0 Å². The smallest absolute Gasteiger partial charge is 0.163 e. The fourth-order valence-electron chi connectivity index (χ4n) is 1.93. The van der Waals surface area contributed by atoms with Gasteiger partial charge in [0.1, 0.15) is 0 Å². The summed E-state index contributed by atoms with van der Waals surface area (Å²) >= 11 is 0. The first kappa shape index (κ1) is 12.3. The molecule has 1 heterocycles. The van der Waals surface area contributed by atoms with Crippen molar-refractivity contribution in [2.24, 2.45) is 5.92 Å². The molecule has 0 N–H and O–H groups in total. The minimum absolute atomic E-state index is 0.157. The lowest BCUT2D eigenvalue weighted by Crippen LogP contribution is -2.24. The maximum Gasteiger partial charge on any atom is 0.163 e. The molecular weight excluding hydrogens is 212 g/mol. The molecule has 92 valence electrons. The average Bonchev–Trinajstić information content (AvgIpc) is 2.68. The van der Waals surface area contributed by atoms with E-state index in [1.54, 1.807) is 0 Å². The van der Waals surface area contributed by atoms with Crippen LogP contribution in [0.25, 0.3) is 6.08 Å². The molecule has 17 heavy (non-hydrogen) atoms. The molecule has 0 bridgehead atoms. The normalized spacial score (nSPS) is 25.2. The first-order valence-corrected chi connectivity index (χ1v) is 6.12. The molecule has 2 heteroatoms. The van der Waals surface area contributed by atoms with Crippen LogP contribution in [-0.2, 0) is 9.47 Å². The molecule has 1 saturated heterocycles. The number of hydrogen-bond donors (Lipinski definition) is 0. The summed E-state index contributed by atoms with van der Waals surface area (Å²) in [7, 11) is 0. The number of rotatable bonds is 3. The molecule has 2 nitrogen and oxygen atoms in total. The molecule has 0 radical (unpaired) electrons. The number of ether oxygens (including phenoxy) is 2. The van der Waals surface area contributed by atoms with Crippen LogP contribution in [0.15, 0.2) is 36.4 Å². The van der Waals surface area contributed by atoms with E-state index in [1.807, 2.05) is 32.0 Å². The zero-order valence-corrected chi connectivity index (χ0v) is 10.7. The average molecular weight is 232 g/mol. The van der Waals surface area contributed by atoms with Crippen LogP contribution in [-0.4, -0.2) is 18.5 Å². The van der Waals surface area contributed by atoms with E-state index in [9.17, 15) is 0 Å². The van der Waals surface area contributed by atoms with E-state index < -0.39 is 5.79 Å². The molecule has 1 aromatic rings. The van der Waals surface area contributed by atoms with Crippen molar-refractivity contribution in [3.05, 3.63) is 42.0 Å². The number of hydrogen-bond acceptors (Lipinski definition) is 2. The molecule has 1 fully saturated rings. The topological polar surface area (TPSA) is 18.5 Å². The Morgan fingerprint density at radius 2 is 2.00 bits per heavy atom. The lowest BCUT2D eigenvalue weighted by molar-refractivity contribution is -0.141. The molecule has 0 aliphatic carbocycles. The van der Waals surface area contributed by atoms with Crippen LogP contribution >= 0.6 is 0 Å². The lowest BCUT2D eigenvalue weighted by atomic mass is 10.0. The molecule has 1 aromatic carbocycles. The Labute approximate surface area is 103 Å². The van der Waals surface area contributed by atoms with E-state index >= 15 is 0 Å². The van der Waals surface area contributed by atoms with Crippen molar-refractivity contribution in [3.63, 3.8) is 0 Å². The van der Waals surface area contributed by atoms with Crippen molar-refractivity contribution in [2.75, 3.05) is 6.61 Å². The summed E-state index contributed by atoms with van der Waals surface area (Å²) < 4.78 is 11.4. The van der Waals surface area contributed by atoms with Gasteiger partial charge in [-0.25, -0.2) is 0 Å². The standard InChI is InChI=1S/C15H20O2/c1-12(14-11-16-15(2,3)17-14)9-10-13-7-5-4-6-8-13/h4-10,12,14H,11H2,1-3H3/b10-9+/t12-,14+/m1/s1. The van der Waals surface area contributed by atoms with E-state index in [1.165, 1.54) is 5.56 Å². The highest BCUT2D eigenvalue weighted by Crippen LogP contribution is 2.27. The molecular formula is C15H20O2. The summed E-state index contributed by atoms with van der Waals surface area (Å²) in [5, 5.41) is 0. The second-order valence-electron chi connectivity index (χ2n) is 5.00. The van der Waals surface area contributed by atoms with Crippen LogP contribution in [0.4, 0.5) is 0 Å². The van der Waals surface area contributed by atoms with Crippen molar-refractivity contribution in [2.45, 2.75) is 32.7 Å². The molecule has 0 spiro atoms. The molecule has 0 amide bonds. The van der Waals surface area contributed by atoms with Gasteiger partial charge in [0.15, 0.2) is 5.79 Å². The van der Waals surface area contributed by atoms with E-state index in [2.05, 4.69) is 31.2 Å². The monoisotopic (exact) mass is 232 g/mol. The summed E-state index contributed by atoms with van der Waals surface area (Å²) in [6, 6.07) is 10.3. The Morgan fingerprint density at radius 1 is 1.29 bits per heavy atom. The minimum atomic E-state index is -0.431. The van der Waals surface area contributed by atoms with E-state index in [0.717, 1.165) is 0 Å². The Balaban J connectivity index is 1.94. The lowest BCUT2D eigenvalue weighted by Gasteiger charge is -2.19. The van der Waals surface area contributed by atoms with Gasteiger partial charge < -0.3 is 9.47 Å². The first-order valence-electron chi connectivity index (χ1n) is 6.12. The summed E-state index contributed by atoms with van der Waals surface area (Å²) in [5.41, 5.74) is 1.22. The summed E-state index contributed by atoms with van der Waals surface area (Å²) in [6.45, 7) is 6.75. The van der Waals surface area contributed by atoms with Crippen molar-refractivity contribution >= 4 is 6.08 Å². The van der Waals surface area contributed by atoms with Crippen molar-refractivity contribution in [3.8, 4) is 0 Å². The number of benzene rings is 1. The van der Waals surface area contributed by atoms with Crippen LogP contribution in [0, 0.1) is 5.92 Å². The second kappa shape index (κ2) is 5.03. The van der Waals surface area contributed by atoms with Gasteiger partial charge in [-0.2, -0.15) is 0 Å². The second-order valence-corrected chi connectivity index (χ2v) is 5.00. The van der Waals surface area contributed by atoms with Gasteiger partial charge in [-0.1, -0.05) is 49.4 Å². The first-order chi connectivity index (χ1) is 8.07. The summed E-state index contributed by atoms with van der Waals surface area (Å²) in [4.78, 5) is 0.